The number of rotatable bonds is 1. The Kier molecular flexibility index (Phi) is 6.74. The number of benzene rings is 6. The summed E-state index contributed by atoms with van der Waals surface area (Å²) < 4.78 is 14.2. The normalized spacial score (nSPS) is 23.1. The molecule has 2 atom stereocenters. The number of anilines is 4. The van der Waals surface area contributed by atoms with Crippen LogP contribution in [0.25, 0.3) is 55.0 Å². The minimum Gasteiger partial charge on any atom is -0.456 e. The summed E-state index contributed by atoms with van der Waals surface area (Å²) in [6, 6.07) is 37.3. The summed E-state index contributed by atoms with van der Waals surface area (Å²) in [6.07, 6.45) is 7.18. The highest BCUT2D eigenvalue weighted by Crippen LogP contribution is 2.63. The zero-order valence-electron chi connectivity index (χ0n) is 37.3. The maximum Gasteiger partial charge on any atom is 0.333 e. The molecule has 3 aliphatic heterocycles. The lowest BCUT2D eigenvalue weighted by Gasteiger charge is -2.53. The van der Waals surface area contributed by atoms with Gasteiger partial charge in [0.05, 0.1) is 5.54 Å². The van der Waals surface area contributed by atoms with Gasteiger partial charge in [-0.1, -0.05) is 117 Å². The highest BCUT2D eigenvalue weighted by Gasteiger charge is 2.62. The fourth-order valence-corrected chi connectivity index (χ4v) is 13.2. The Morgan fingerprint density at radius 3 is 2.03 bits per heavy atom. The lowest BCUT2D eigenvalue weighted by Crippen LogP contribution is -2.64. The van der Waals surface area contributed by atoms with Crippen LogP contribution in [0.15, 0.2) is 106 Å². The minimum absolute atomic E-state index is 0.00493. The van der Waals surface area contributed by atoms with E-state index >= 15 is 0 Å². The first-order valence-corrected chi connectivity index (χ1v) is 23.0. The average Bonchev–Trinajstić information content (AvgIpc) is 3.85. The van der Waals surface area contributed by atoms with Gasteiger partial charge in [-0.3, -0.25) is 0 Å². The van der Waals surface area contributed by atoms with Crippen LogP contribution in [-0.4, -0.2) is 12.4 Å². The first-order valence-electron chi connectivity index (χ1n) is 23.0. The largest absolute Gasteiger partial charge is 0.456 e. The summed E-state index contributed by atoms with van der Waals surface area (Å²) in [6.45, 7) is 21.9. The second-order valence-electron chi connectivity index (χ2n) is 22.3. The SMILES string of the molecule is CC(C)(C)c1cc2c3c(c1)C1(C)CCCCC1(C)N3c1cc3c(oc4ccccc43)c3c1B2N(c1ccccc1)c1cc2c(cc1-3)oc1cc3c(cc12)C(C)(C)CCC3(C)C. The van der Waals surface area contributed by atoms with Crippen molar-refractivity contribution in [2.24, 2.45) is 0 Å². The molecule has 5 heterocycles. The molecular formula is C56H55BN2O2. The van der Waals surface area contributed by atoms with E-state index < -0.39 is 0 Å². The van der Waals surface area contributed by atoms with Gasteiger partial charge in [-0.2, -0.15) is 0 Å². The smallest absolute Gasteiger partial charge is 0.333 e. The van der Waals surface area contributed by atoms with Crippen LogP contribution in [0.1, 0.15) is 123 Å². The van der Waals surface area contributed by atoms with E-state index in [1.807, 2.05) is 0 Å². The molecule has 0 spiro atoms. The predicted molar refractivity (Wildman–Crippen MR) is 257 cm³/mol. The van der Waals surface area contributed by atoms with E-state index in [4.69, 9.17) is 8.83 Å². The van der Waals surface area contributed by atoms with Gasteiger partial charge in [0.15, 0.2) is 0 Å². The van der Waals surface area contributed by atoms with E-state index in [9.17, 15) is 0 Å². The summed E-state index contributed by atoms with van der Waals surface area (Å²) in [7, 11) is 0. The molecule has 2 aliphatic carbocycles. The summed E-state index contributed by atoms with van der Waals surface area (Å²) in [5.41, 5.74) is 20.0. The molecule has 2 aromatic heterocycles. The van der Waals surface area contributed by atoms with Crippen molar-refractivity contribution in [3.63, 3.8) is 0 Å². The van der Waals surface area contributed by atoms with E-state index in [1.165, 1.54) is 121 Å². The highest BCUT2D eigenvalue weighted by molar-refractivity contribution is 6.94. The van der Waals surface area contributed by atoms with Crippen LogP contribution in [0.4, 0.5) is 22.7 Å². The van der Waals surface area contributed by atoms with Gasteiger partial charge in [0, 0.05) is 60.8 Å². The lowest BCUT2D eigenvalue weighted by molar-refractivity contribution is 0.195. The number of hydrogen-bond acceptors (Lipinski definition) is 4. The van der Waals surface area contributed by atoms with E-state index in [-0.39, 0.29) is 34.0 Å². The summed E-state index contributed by atoms with van der Waals surface area (Å²) >= 11 is 0. The molecule has 0 N–H and O–H groups in total. The molecular weight excluding hydrogens is 743 g/mol. The van der Waals surface area contributed by atoms with Gasteiger partial charge in [-0.05, 0) is 131 Å². The van der Waals surface area contributed by atoms with Crippen molar-refractivity contribution in [2.45, 2.75) is 128 Å². The van der Waals surface area contributed by atoms with Gasteiger partial charge >= 0.3 is 6.85 Å². The van der Waals surface area contributed by atoms with E-state index in [2.05, 4.69) is 169 Å². The maximum atomic E-state index is 7.14. The fraction of sp³-hybridized carbons (Fsp3) is 0.357. The standard InChI is InChI=1S/C56H55BN2O2/c1-52(2,3)32-25-41-50-42(26-32)57-49-44(58(50)56(9)22-16-15-21-55(41,56)8)29-37-34-19-13-14-20-45(34)61-51(37)48(49)38-30-46-36(28-43(38)59(57)33-17-11-10-12-18-33)35-27-39-40(31-47(35)60-46)54(6,7)24-23-53(39,4)5/h10-14,17-20,25-31H,15-16,21-24H2,1-9H3. The molecule has 0 bridgehead atoms. The molecule has 1 fully saturated rings. The molecule has 6 aromatic carbocycles. The third kappa shape index (κ3) is 4.43. The Hall–Kier alpha value is -5.42. The van der Waals surface area contributed by atoms with Crippen LogP contribution in [0.3, 0.4) is 0 Å². The van der Waals surface area contributed by atoms with Gasteiger partial charge in [0.25, 0.3) is 0 Å². The predicted octanol–water partition coefficient (Wildman–Crippen LogP) is 14.1. The zero-order chi connectivity index (χ0) is 41.7. The number of nitrogens with zero attached hydrogens (tertiary/aromatic N) is 2. The van der Waals surface area contributed by atoms with Crippen molar-refractivity contribution < 1.29 is 8.83 Å². The van der Waals surface area contributed by atoms with E-state index in [0.717, 1.165) is 28.8 Å². The Balaban J connectivity index is 1.21. The highest BCUT2D eigenvalue weighted by atomic mass is 16.3. The van der Waals surface area contributed by atoms with Gasteiger partial charge in [-0.15, -0.1) is 0 Å². The van der Waals surface area contributed by atoms with Crippen molar-refractivity contribution in [3.05, 3.63) is 119 Å². The van der Waals surface area contributed by atoms with Gasteiger partial charge in [-0.25, -0.2) is 0 Å². The third-order valence-corrected chi connectivity index (χ3v) is 17.0. The van der Waals surface area contributed by atoms with Gasteiger partial charge < -0.3 is 18.5 Å². The second kappa shape index (κ2) is 11.3. The van der Waals surface area contributed by atoms with Crippen LogP contribution in [0, 0.1) is 0 Å². The lowest BCUT2D eigenvalue weighted by atomic mass is 9.43. The van der Waals surface area contributed by atoms with Crippen LogP contribution >= 0.6 is 0 Å². The first-order chi connectivity index (χ1) is 29.1. The molecule has 5 heteroatoms. The Morgan fingerprint density at radius 2 is 1.26 bits per heavy atom. The van der Waals surface area contributed by atoms with Crippen molar-refractivity contribution in [1.82, 2.24) is 0 Å². The Labute approximate surface area is 360 Å². The maximum absolute atomic E-state index is 7.14. The fourth-order valence-electron chi connectivity index (χ4n) is 13.2. The number of furan rings is 2. The number of hydrogen-bond donors (Lipinski definition) is 0. The molecule has 2 unspecified atom stereocenters. The first kappa shape index (κ1) is 36.3. The van der Waals surface area contributed by atoms with Crippen LogP contribution < -0.4 is 20.6 Å². The molecule has 304 valence electrons. The monoisotopic (exact) mass is 798 g/mol. The minimum atomic E-state index is -0.0913. The van der Waals surface area contributed by atoms with Crippen molar-refractivity contribution in [3.8, 4) is 11.1 Å². The molecule has 1 saturated carbocycles. The molecule has 8 aromatic rings. The van der Waals surface area contributed by atoms with Crippen molar-refractivity contribution in [2.75, 3.05) is 9.71 Å². The van der Waals surface area contributed by atoms with Crippen LogP contribution in [0.2, 0.25) is 0 Å². The second-order valence-corrected chi connectivity index (χ2v) is 22.3. The number of para-hydroxylation sites is 2. The number of fused-ring (bicyclic) bond motifs is 15. The third-order valence-electron chi connectivity index (χ3n) is 17.0. The molecule has 13 rings (SSSR count). The van der Waals surface area contributed by atoms with Crippen molar-refractivity contribution in [1.29, 1.82) is 0 Å². The summed E-state index contributed by atoms with van der Waals surface area (Å²) in [5, 5.41) is 4.74. The molecule has 0 saturated heterocycles. The van der Waals surface area contributed by atoms with Crippen LogP contribution in [-0.2, 0) is 21.7 Å². The summed E-state index contributed by atoms with van der Waals surface area (Å²) in [4.78, 5) is 5.53. The zero-order valence-corrected chi connectivity index (χ0v) is 37.3. The quantitative estimate of drug-likeness (QED) is 0.155. The molecule has 61 heavy (non-hydrogen) atoms. The van der Waals surface area contributed by atoms with Gasteiger partial charge in [0.2, 0.25) is 0 Å². The topological polar surface area (TPSA) is 32.8 Å². The van der Waals surface area contributed by atoms with E-state index in [1.54, 1.807) is 0 Å². The molecule has 5 aliphatic rings. The summed E-state index contributed by atoms with van der Waals surface area (Å²) in [5.74, 6) is 0. The molecule has 0 radical (unpaired) electrons. The Morgan fingerprint density at radius 1 is 0.590 bits per heavy atom. The average molecular weight is 799 g/mol. The molecule has 0 amide bonds. The Bertz CT molecular complexity index is 3250. The van der Waals surface area contributed by atoms with E-state index in [0.29, 0.717) is 0 Å². The van der Waals surface area contributed by atoms with Gasteiger partial charge in [0.1, 0.15) is 22.3 Å². The molecule has 4 nitrogen and oxygen atoms in total. The van der Waals surface area contributed by atoms with Crippen molar-refractivity contribution >= 4 is 84.4 Å². The van der Waals surface area contributed by atoms with Crippen LogP contribution in [0.5, 0.6) is 0 Å².